The third-order valence-corrected chi connectivity index (χ3v) is 7.61. The quantitative estimate of drug-likeness (QED) is 0.430. The minimum absolute atomic E-state index is 0.144. The number of fused-ring (bicyclic) bond motifs is 1. The molecule has 2 aliphatic rings. The van der Waals surface area contributed by atoms with E-state index in [-0.39, 0.29) is 19.0 Å². The maximum atomic E-state index is 13.1. The van der Waals surface area contributed by atoms with Crippen LogP contribution in [0.25, 0.3) is 11.2 Å². The molecule has 1 aromatic carbocycles. The summed E-state index contributed by atoms with van der Waals surface area (Å²) in [6, 6.07) is 7.03. The number of imidazole rings is 1. The Morgan fingerprint density at radius 3 is 3.00 bits per heavy atom. The zero-order chi connectivity index (χ0) is 24.1. The van der Waals surface area contributed by atoms with E-state index >= 15 is 0 Å². The minimum atomic E-state index is -3.97. The van der Waals surface area contributed by atoms with Crippen LogP contribution in [-0.2, 0) is 22.9 Å². The molecule has 0 saturated carbocycles. The number of benzene rings is 1. The Morgan fingerprint density at radius 1 is 1.38 bits per heavy atom. The van der Waals surface area contributed by atoms with E-state index in [0.717, 1.165) is 5.56 Å². The van der Waals surface area contributed by atoms with E-state index in [1.807, 2.05) is 6.07 Å². The van der Waals surface area contributed by atoms with Crippen molar-refractivity contribution in [3.05, 3.63) is 47.5 Å². The molecule has 0 amide bonds. The summed E-state index contributed by atoms with van der Waals surface area (Å²) in [6.45, 7) is 1.19. The molecule has 12 nitrogen and oxygen atoms in total. The lowest BCUT2D eigenvalue weighted by atomic mass is 9.96. The number of rotatable bonds is 5. The first-order valence-electron chi connectivity index (χ1n) is 10.5. The molecule has 4 N–H and O–H groups in total. The first kappa shape index (κ1) is 23.6. The highest BCUT2D eigenvalue weighted by Gasteiger charge is 2.54. The predicted octanol–water partition coefficient (Wildman–Crippen LogP) is 2.37. The number of ether oxygens (including phenoxy) is 1. The van der Waals surface area contributed by atoms with Gasteiger partial charge in [0.2, 0.25) is 0 Å². The molecule has 182 valence electrons. The third kappa shape index (κ3) is 4.21. The lowest BCUT2D eigenvalue weighted by Gasteiger charge is -2.30. The van der Waals surface area contributed by atoms with Crippen molar-refractivity contribution in [2.45, 2.75) is 43.5 Å². The summed E-state index contributed by atoms with van der Waals surface area (Å²) in [7, 11) is -3.97. The number of aromatic nitrogens is 4. The third-order valence-electron chi connectivity index (χ3n) is 5.90. The van der Waals surface area contributed by atoms with E-state index in [0.29, 0.717) is 22.6 Å². The zero-order valence-corrected chi connectivity index (χ0v) is 19.7. The van der Waals surface area contributed by atoms with Crippen LogP contribution in [-0.4, -0.2) is 60.8 Å². The number of nitrogens with two attached hydrogens (primary N) is 1. The summed E-state index contributed by atoms with van der Waals surface area (Å²) in [5.74, 6) is 0.167. The van der Waals surface area contributed by atoms with Gasteiger partial charge >= 0.3 is 7.82 Å². The molecule has 0 aliphatic carbocycles. The molecule has 0 spiro atoms. The van der Waals surface area contributed by atoms with Crippen LogP contribution in [0.2, 0.25) is 5.02 Å². The van der Waals surface area contributed by atoms with Crippen LogP contribution < -0.4 is 5.73 Å². The maximum Gasteiger partial charge on any atom is 0.475 e. The molecule has 2 fully saturated rings. The fourth-order valence-electron chi connectivity index (χ4n) is 4.10. The fourth-order valence-corrected chi connectivity index (χ4v) is 5.69. The number of phosphoric acid groups is 1. The Bertz CT molecular complexity index is 1260. The molecule has 4 heterocycles. The SMILES string of the molecule is C[C@@]1(O)[C@H](O)[C@@H](CO[P@]2(=O)OCC[C@H](c3cccc(Cl)c3)O2)O[C@H]1n1cnc2c(N)ncnc21. The molecule has 34 heavy (non-hydrogen) atoms. The average Bonchev–Trinajstić information content (AvgIpc) is 3.32. The van der Waals surface area contributed by atoms with Crippen LogP contribution >= 0.6 is 19.4 Å². The van der Waals surface area contributed by atoms with Crippen LogP contribution in [0.3, 0.4) is 0 Å². The molecular weight excluding hydrogens is 489 g/mol. The number of halogens is 1. The van der Waals surface area contributed by atoms with Gasteiger partial charge in [-0.2, -0.15) is 0 Å². The summed E-state index contributed by atoms with van der Waals surface area (Å²) in [5, 5.41) is 22.3. The highest BCUT2D eigenvalue weighted by Crippen LogP contribution is 2.57. The van der Waals surface area contributed by atoms with Crippen LogP contribution in [0.1, 0.15) is 31.2 Å². The largest absolute Gasteiger partial charge is 0.475 e. The van der Waals surface area contributed by atoms with Gasteiger partial charge in [-0.05, 0) is 24.6 Å². The van der Waals surface area contributed by atoms with E-state index in [4.69, 9.17) is 35.6 Å². The van der Waals surface area contributed by atoms with Crippen molar-refractivity contribution in [1.82, 2.24) is 19.5 Å². The Balaban J connectivity index is 1.31. The lowest BCUT2D eigenvalue weighted by Crippen LogP contribution is -2.44. The van der Waals surface area contributed by atoms with Crippen molar-refractivity contribution < 1.29 is 33.1 Å². The van der Waals surface area contributed by atoms with Gasteiger partial charge in [-0.15, -0.1) is 0 Å². The summed E-state index contributed by atoms with van der Waals surface area (Å²) in [4.78, 5) is 12.2. The standard InChI is InChI=1S/C20H23ClN5O7P/c1-20(28)16(27)14(32-19(20)26-10-25-15-17(22)23-9-24-18(15)26)8-31-34(29)30-6-5-13(33-34)11-3-2-4-12(21)7-11/h2-4,7,9-10,13-14,16,19,27-28H,5-6,8H2,1H3,(H2,22,23,24)/t13-,14-,16-,19-,20-,34+/m1/s1. The molecule has 5 rings (SSSR count). The number of hydrogen-bond acceptors (Lipinski definition) is 11. The first-order valence-corrected chi connectivity index (χ1v) is 12.3. The maximum absolute atomic E-state index is 13.1. The Kier molecular flexibility index (Phi) is 6.11. The fraction of sp³-hybridized carbons (Fsp3) is 0.450. The van der Waals surface area contributed by atoms with Crippen LogP contribution in [0.4, 0.5) is 5.82 Å². The van der Waals surface area contributed by atoms with Gasteiger partial charge in [0.1, 0.15) is 29.7 Å². The van der Waals surface area contributed by atoms with Crippen molar-refractivity contribution in [2.24, 2.45) is 0 Å². The molecule has 0 bridgehead atoms. The van der Waals surface area contributed by atoms with Gasteiger partial charge < -0.3 is 20.7 Å². The van der Waals surface area contributed by atoms with E-state index in [2.05, 4.69) is 15.0 Å². The first-order chi connectivity index (χ1) is 16.2. The highest BCUT2D eigenvalue weighted by atomic mass is 35.5. The van der Waals surface area contributed by atoms with Gasteiger partial charge in [-0.1, -0.05) is 23.7 Å². The van der Waals surface area contributed by atoms with Crippen molar-refractivity contribution in [2.75, 3.05) is 18.9 Å². The summed E-state index contributed by atoms with van der Waals surface area (Å²) >= 11 is 6.05. The second-order valence-electron chi connectivity index (χ2n) is 8.29. The number of nitrogen functional groups attached to an aromatic ring is 1. The van der Waals surface area contributed by atoms with Crippen molar-refractivity contribution in [1.29, 1.82) is 0 Å². The summed E-state index contributed by atoms with van der Waals surface area (Å²) < 4.78 is 36.9. The number of aliphatic hydroxyl groups is 2. The molecule has 2 saturated heterocycles. The van der Waals surface area contributed by atoms with Crippen molar-refractivity contribution in [3.63, 3.8) is 0 Å². The molecule has 0 radical (unpaired) electrons. The predicted molar refractivity (Wildman–Crippen MR) is 120 cm³/mol. The topological polar surface area (TPSA) is 164 Å². The normalized spacial score (nSPS) is 34.0. The van der Waals surface area contributed by atoms with Gasteiger partial charge in [0.05, 0.1) is 25.6 Å². The molecule has 2 aromatic heterocycles. The second-order valence-corrected chi connectivity index (χ2v) is 10.4. The van der Waals surface area contributed by atoms with Gasteiger partial charge in [-0.25, -0.2) is 19.5 Å². The van der Waals surface area contributed by atoms with Crippen LogP contribution in [0, 0.1) is 0 Å². The van der Waals surface area contributed by atoms with Gasteiger partial charge in [0.25, 0.3) is 0 Å². The van der Waals surface area contributed by atoms with Gasteiger partial charge in [0, 0.05) is 11.4 Å². The van der Waals surface area contributed by atoms with Crippen molar-refractivity contribution in [3.8, 4) is 0 Å². The van der Waals surface area contributed by atoms with E-state index in [1.54, 1.807) is 18.2 Å². The number of aliphatic hydroxyl groups excluding tert-OH is 1. The lowest BCUT2D eigenvalue weighted by molar-refractivity contribution is -0.0953. The Labute approximate surface area is 199 Å². The van der Waals surface area contributed by atoms with Gasteiger partial charge in [-0.3, -0.25) is 18.1 Å². The van der Waals surface area contributed by atoms with Gasteiger partial charge in [0.15, 0.2) is 17.7 Å². The Hall–Kier alpha value is -2.15. The smallest absolute Gasteiger partial charge is 0.387 e. The van der Waals surface area contributed by atoms with E-state index in [9.17, 15) is 14.8 Å². The number of phosphoric ester groups is 1. The highest BCUT2D eigenvalue weighted by molar-refractivity contribution is 7.48. The molecular formula is C20H23ClN5O7P. The molecule has 3 aromatic rings. The molecule has 6 atom stereocenters. The zero-order valence-electron chi connectivity index (χ0n) is 18.0. The average molecular weight is 512 g/mol. The van der Waals surface area contributed by atoms with E-state index in [1.165, 1.54) is 24.1 Å². The van der Waals surface area contributed by atoms with Crippen LogP contribution in [0.15, 0.2) is 36.9 Å². The van der Waals surface area contributed by atoms with E-state index < -0.39 is 38.0 Å². The monoisotopic (exact) mass is 511 g/mol. The second kappa shape index (κ2) is 8.81. The number of nitrogens with zero attached hydrogens (tertiary/aromatic N) is 4. The molecule has 14 heteroatoms. The van der Waals surface area contributed by atoms with Crippen LogP contribution in [0.5, 0.6) is 0 Å². The Morgan fingerprint density at radius 2 is 2.21 bits per heavy atom. The number of anilines is 1. The molecule has 2 aliphatic heterocycles. The number of hydrogen-bond donors (Lipinski definition) is 3. The summed E-state index contributed by atoms with van der Waals surface area (Å²) in [6.07, 6.45) is -0.956. The molecule has 0 unspecified atom stereocenters. The minimum Gasteiger partial charge on any atom is -0.387 e. The van der Waals surface area contributed by atoms with Crippen molar-refractivity contribution >= 4 is 36.4 Å². The summed E-state index contributed by atoms with van der Waals surface area (Å²) in [5.41, 5.74) is 5.47.